The Hall–Kier alpha value is -1.85. The van der Waals surface area contributed by atoms with Crippen LogP contribution in [0.15, 0.2) is 24.3 Å². The van der Waals surface area contributed by atoms with Crippen molar-refractivity contribution < 1.29 is 23.2 Å². The van der Waals surface area contributed by atoms with Crippen molar-refractivity contribution in [3.63, 3.8) is 0 Å². The quantitative estimate of drug-likeness (QED) is 0.462. The molecule has 2 aromatic rings. The molecule has 3 radical (unpaired) electrons. The van der Waals surface area contributed by atoms with E-state index in [2.05, 4.69) is 21.7 Å². The number of halogens is 1. The van der Waals surface area contributed by atoms with Crippen LogP contribution in [0.2, 0.25) is 0 Å². The molecule has 0 atom stereocenters. The van der Waals surface area contributed by atoms with Gasteiger partial charge in [-0.2, -0.15) is 0 Å². The lowest BCUT2D eigenvalue weighted by Gasteiger charge is -2.32. The molecule has 1 fully saturated rings. The zero-order valence-corrected chi connectivity index (χ0v) is 17.1. The molecule has 7 heteroatoms. The normalized spacial score (nSPS) is 17.7. The Balaban J connectivity index is 2.24. The van der Waals surface area contributed by atoms with Gasteiger partial charge in [0.2, 0.25) is 0 Å². The molecule has 0 N–H and O–H groups in total. The molecule has 1 aliphatic heterocycles. The van der Waals surface area contributed by atoms with E-state index in [1.807, 2.05) is 33.8 Å². The van der Waals surface area contributed by atoms with E-state index < -0.39 is 24.1 Å². The summed E-state index contributed by atoms with van der Waals surface area (Å²) in [6.45, 7) is 7.99. The van der Waals surface area contributed by atoms with Crippen LogP contribution in [0.1, 0.15) is 33.3 Å². The summed E-state index contributed by atoms with van der Waals surface area (Å²) in [5.41, 5.74) is 2.50. The molecule has 1 aliphatic rings. The molecule has 27 heavy (non-hydrogen) atoms. The zero-order valence-electron chi connectivity index (χ0n) is 16.1. The highest BCUT2D eigenvalue weighted by Crippen LogP contribution is 2.38. The van der Waals surface area contributed by atoms with E-state index in [9.17, 15) is 4.39 Å². The highest BCUT2D eigenvalue weighted by atomic mass is 28.1. The van der Waals surface area contributed by atoms with Gasteiger partial charge in [0.25, 0.3) is 0 Å². The molecule has 0 unspecified atom stereocenters. The van der Waals surface area contributed by atoms with E-state index in [1.54, 1.807) is 19.2 Å². The van der Waals surface area contributed by atoms with E-state index in [0.717, 1.165) is 5.39 Å². The Kier molecular flexibility index (Phi) is 5.37. The molecule has 1 saturated heterocycles. The summed E-state index contributed by atoms with van der Waals surface area (Å²) in [6.07, 6.45) is 0. The van der Waals surface area contributed by atoms with E-state index in [1.165, 1.54) is 6.07 Å². The average molecular weight is 383 g/mol. The van der Waals surface area contributed by atoms with Crippen molar-refractivity contribution in [2.24, 2.45) is 0 Å². The largest absolute Gasteiger partial charge is 0.495 e. The summed E-state index contributed by atoms with van der Waals surface area (Å²) in [5.74, 6) is 2.97. The van der Waals surface area contributed by atoms with Gasteiger partial charge in [0.1, 0.15) is 21.8 Å². The lowest BCUT2D eigenvalue weighted by molar-refractivity contribution is 0.00578. The molecule has 0 bridgehead atoms. The fourth-order valence-corrected chi connectivity index (χ4v) is 3.12. The third-order valence-corrected chi connectivity index (χ3v) is 5.23. The maximum Gasteiger partial charge on any atom is 0.495 e. The van der Waals surface area contributed by atoms with Gasteiger partial charge in [0, 0.05) is 12.5 Å². The summed E-state index contributed by atoms with van der Waals surface area (Å²) in [7, 11) is 3.99. The number of hydrogen-bond donors (Lipinski definition) is 0. The van der Waals surface area contributed by atoms with Gasteiger partial charge in [-0.15, -0.1) is 5.54 Å². The number of fused-ring (bicyclic) bond motifs is 1. The Morgan fingerprint density at radius 3 is 2.41 bits per heavy atom. The number of hydrogen-bond acceptors (Lipinski definition) is 4. The molecule has 0 aromatic heterocycles. The SMILES string of the molecule is COCOc1cc(B2OC(C)(C)C(C)(C)O2)c2c(C#C[Si])c(F)ccc2c1. The monoisotopic (exact) mass is 383 g/mol. The first-order valence-corrected chi connectivity index (χ1v) is 9.11. The van der Waals surface area contributed by atoms with Gasteiger partial charge in [-0.3, -0.25) is 0 Å². The number of methoxy groups -OCH3 is 1. The van der Waals surface area contributed by atoms with Crippen LogP contribution < -0.4 is 10.2 Å². The van der Waals surface area contributed by atoms with Gasteiger partial charge < -0.3 is 18.8 Å². The average Bonchev–Trinajstić information content (AvgIpc) is 2.82. The van der Waals surface area contributed by atoms with Gasteiger partial charge in [0.05, 0.1) is 16.8 Å². The van der Waals surface area contributed by atoms with E-state index in [-0.39, 0.29) is 12.4 Å². The highest BCUT2D eigenvalue weighted by molar-refractivity contribution is 6.65. The van der Waals surface area contributed by atoms with Gasteiger partial charge in [-0.05, 0) is 56.7 Å². The third-order valence-electron chi connectivity index (χ3n) is 5.11. The second kappa shape index (κ2) is 7.29. The van der Waals surface area contributed by atoms with Crippen molar-refractivity contribution in [2.75, 3.05) is 13.9 Å². The molecule has 0 saturated carbocycles. The first-order chi connectivity index (χ1) is 12.7. The van der Waals surface area contributed by atoms with Crippen molar-refractivity contribution in [2.45, 2.75) is 38.9 Å². The molecule has 139 valence electrons. The summed E-state index contributed by atoms with van der Waals surface area (Å²) in [5, 5.41) is 1.42. The smallest absolute Gasteiger partial charge is 0.468 e. The van der Waals surface area contributed by atoms with Gasteiger partial charge in [-0.25, -0.2) is 4.39 Å². The number of benzene rings is 2. The maximum atomic E-state index is 14.5. The Labute approximate surface area is 162 Å². The van der Waals surface area contributed by atoms with Crippen LogP contribution in [0.4, 0.5) is 4.39 Å². The minimum atomic E-state index is -0.680. The minimum Gasteiger partial charge on any atom is -0.468 e. The molecule has 0 aliphatic carbocycles. The number of rotatable bonds is 4. The maximum absolute atomic E-state index is 14.5. The first-order valence-electron chi connectivity index (χ1n) is 8.61. The van der Waals surface area contributed by atoms with Crippen LogP contribution in [0.25, 0.3) is 10.8 Å². The van der Waals surface area contributed by atoms with Crippen LogP contribution in [0.3, 0.4) is 0 Å². The van der Waals surface area contributed by atoms with Crippen LogP contribution in [0.5, 0.6) is 5.75 Å². The van der Waals surface area contributed by atoms with Gasteiger partial charge in [-0.1, -0.05) is 12.0 Å². The second-order valence-corrected chi connectivity index (χ2v) is 7.67. The molecular formula is C20H21BFO4Si. The predicted molar refractivity (Wildman–Crippen MR) is 105 cm³/mol. The molecular weight excluding hydrogens is 362 g/mol. The molecule has 3 rings (SSSR count). The second-order valence-electron chi connectivity index (χ2n) is 7.42. The molecule has 1 heterocycles. The lowest BCUT2D eigenvalue weighted by atomic mass is 9.74. The van der Waals surface area contributed by atoms with Crippen LogP contribution in [0, 0.1) is 17.3 Å². The molecule has 4 nitrogen and oxygen atoms in total. The van der Waals surface area contributed by atoms with Crippen molar-refractivity contribution >= 4 is 33.6 Å². The highest BCUT2D eigenvalue weighted by Gasteiger charge is 2.52. The zero-order chi connectivity index (χ0) is 19.8. The summed E-state index contributed by atoms with van der Waals surface area (Å²) >= 11 is 0. The van der Waals surface area contributed by atoms with E-state index in [0.29, 0.717) is 16.6 Å². The van der Waals surface area contributed by atoms with Crippen LogP contribution in [-0.4, -0.2) is 42.5 Å². The van der Waals surface area contributed by atoms with Crippen molar-refractivity contribution in [1.29, 1.82) is 0 Å². The Bertz CT molecular complexity index is 917. The molecule has 0 spiro atoms. The van der Waals surface area contributed by atoms with Crippen LogP contribution >= 0.6 is 0 Å². The standard InChI is InChI=1S/C20H21BFO4Si/c1-19(2)20(3,4)26-21(25-19)16-11-14(24-12-23-5)10-13-6-7-17(22)15(8-9-27)18(13)16/h6-7,10-11H,12H2,1-5H3. The van der Waals surface area contributed by atoms with Crippen molar-refractivity contribution in [3.8, 4) is 17.2 Å². The van der Waals surface area contributed by atoms with Crippen molar-refractivity contribution in [1.82, 2.24) is 0 Å². The van der Waals surface area contributed by atoms with Gasteiger partial charge >= 0.3 is 7.12 Å². The van der Waals surface area contributed by atoms with E-state index in [4.69, 9.17) is 18.8 Å². The summed E-state index contributed by atoms with van der Waals surface area (Å²) in [6, 6.07) is 6.70. The minimum absolute atomic E-state index is 0.100. The Morgan fingerprint density at radius 2 is 1.81 bits per heavy atom. The van der Waals surface area contributed by atoms with Crippen molar-refractivity contribution in [3.05, 3.63) is 35.6 Å². The summed E-state index contributed by atoms with van der Waals surface area (Å²) < 4.78 is 37.5. The van der Waals surface area contributed by atoms with Gasteiger partial charge in [0.15, 0.2) is 6.79 Å². The summed E-state index contributed by atoms with van der Waals surface area (Å²) in [4.78, 5) is 0. The van der Waals surface area contributed by atoms with Crippen LogP contribution in [-0.2, 0) is 14.0 Å². The fraction of sp³-hybridized carbons (Fsp3) is 0.400. The third kappa shape index (κ3) is 3.63. The first kappa shape index (κ1) is 19.9. The lowest BCUT2D eigenvalue weighted by Crippen LogP contribution is -2.41. The topological polar surface area (TPSA) is 36.9 Å². The van der Waals surface area contributed by atoms with E-state index >= 15 is 0 Å². The number of ether oxygens (including phenoxy) is 2. The molecule has 0 amide bonds. The fourth-order valence-electron chi connectivity index (χ4n) is 3.00. The predicted octanol–water partition coefficient (Wildman–Crippen LogP) is 2.74. The molecule has 2 aromatic carbocycles. The Morgan fingerprint density at radius 1 is 1.15 bits per heavy atom.